The van der Waals surface area contributed by atoms with Gasteiger partial charge in [-0.25, -0.2) is 57.4 Å². The number of likely N-dealkylation sites (tertiary alicyclic amines) is 2. The third kappa shape index (κ3) is 25.9. The Labute approximate surface area is 842 Å². The van der Waals surface area contributed by atoms with Crippen LogP contribution in [0.5, 0.6) is 0 Å². The molecule has 40 heteroatoms. The van der Waals surface area contributed by atoms with Crippen molar-refractivity contribution in [1.82, 2.24) is 80.7 Å². The first-order valence-electron chi connectivity index (χ1n) is 49.7. The predicted molar refractivity (Wildman–Crippen MR) is 543 cm³/mol. The van der Waals surface area contributed by atoms with Crippen LogP contribution in [0, 0.1) is 45.4 Å². The number of nitrogens with zero attached hydrogens (tertiary/aromatic N) is 12. The average molecular weight is 2040 g/mol. The highest BCUT2D eigenvalue weighted by molar-refractivity contribution is 7.18. The van der Waals surface area contributed by atoms with E-state index in [-0.39, 0.29) is 111 Å². The topological polar surface area (TPSA) is 430 Å². The highest BCUT2D eigenvalue weighted by Crippen LogP contribution is 2.49. The number of fused-ring (bicyclic) bond motifs is 4. The van der Waals surface area contributed by atoms with E-state index in [4.69, 9.17) is 4.98 Å². The number of nitrogens with one attached hydrogen (secondary N) is 8. The van der Waals surface area contributed by atoms with Crippen LogP contribution in [0.3, 0.4) is 0 Å². The third-order valence-electron chi connectivity index (χ3n) is 27.8. The van der Waals surface area contributed by atoms with Gasteiger partial charge in [-0.15, -0.1) is 45.3 Å². The molecule has 0 unspecified atom stereocenters. The Hall–Kier alpha value is -10.4. The van der Waals surface area contributed by atoms with Gasteiger partial charge >= 0.3 is 0 Å². The molecule has 6 saturated heterocycles. The molecule has 142 heavy (non-hydrogen) atoms. The van der Waals surface area contributed by atoms with Gasteiger partial charge in [0.1, 0.15) is 46.0 Å². The number of carbonyl (C=O) groups is 8. The van der Waals surface area contributed by atoms with E-state index in [9.17, 15) is 76.3 Å². The van der Waals surface area contributed by atoms with Crippen LogP contribution in [-0.4, -0.2) is 261 Å². The molecule has 32 nitrogen and oxygen atoms in total. The maximum atomic E-state index is 14.1. The Morgan fingerprint density at radius 3 is 0.937 bits per heavy atom. The number of thiazole rings is 4. The molecular formula is C102H136F4N20O12S4. The van der Waals surface area contributed by atoms with Crippen molar-refractivity contribution in [2.45, 2.75) is 341 Å². The molecule has 4 bridgehead atoms. The summed E-state index contributed by atoms with van der Waals surface area (Å²) in [6.07, 6.45) is 25.2. The van der Waals surface area contributed by atoms with Crippen molar-refractivity contribution in [1.29, 1.82) is 0 Å². The molecule has 10 fully saturated rings. The van der Waals surface area contributed by atoms with Crippen molar-refractivity contribution in [2.24, 2.45) is 17.8 Å². The number of aromatic nitrogens is 8. The van der Waals surface area contributed by atoms with Gasteiger partial charge in [0.15, 0.2) is 20.0 Å². The van der Waals surface area contributed by atoms with E-state index in [0.29, 0.717) is 71.7 Å². The molecule has 3 atom stereocenters. The highest BCUT2D eigenvalue weighted by atomic mass is 32.1. The minimum absolute atomic E-state index is 0.00936. The first-order chi connectivity index (χ1) is 66.6. The lowest BCUT2D eigenvalue weighted by atomic mass is 9.78. The zero-order valence-corrected chi connectivity index (χ0v) is 87.6. The normalized spacial score (nSPS) is 21.0. The fraction of sp³-hybridized carbons (Fsp3) is 0.608. The van der Waals surface area contributed by atoms with Gasteiger partial charge in [-0.05, 0) is 298 Å². The van der Waals surface area contributed by atoms with Crippen LogP contribution in [0.25, 0.3) is 41.8 Å². The van der Waals surface area contributed by atoms with E-state index in [1.807, 2.05) is 75.7 Å². The minimum Gasteiger partial charge on any atom is -0.389 e. The number of hydrogen-bond acceptors (Lipinski definition) is 28. The van der Waals surface area contributed by atoms with E-state index in [2.05, 4.69) is 97.3 Å². The summed E-state index contributed by atoms with van der Waals surface area (Å²) in [5.74, 6) is -4.04. The van der Waals surface area contributed by atoms with Gasteiger partial charge in [-0.3, -0.25) is 38.4 Å². The largest absolute Gasteiger partial charge is 0.389 e. The molecule has 4 saturated carbocycles. The Balaban J connectivity index is 0.000000143. The van der Waals surface area contributed by atoms with Gasteiger partial charge in [-0.1, -0.05) is 0 Å². The van der Waals surface area contributed by atoms with E-state index < -0.39 is 102 Å². The second-order valence-electron chi connectivity index (χ2n) is 43.8. The molecule has 18 rings (SSSR count). The van der Waals surface area contributed by atoms with Crippen LogP contribution in [0.1, 0.15) is 322 Å². The van der Waals surface area contributed by atoms with Crippen molar-refractivity contribution in [3.8, 4) is 41.8 Å². The number of pyridine rings is 4. The van der Waals surface area contributed by atoms with Gasteiger partial charge in [0.2, 0.25) is 0 Å². The summed E-state index contributed by atoms with van der Waals surface area (Å²) in [6, 6.07) is 8.58. The molecule has 8 aromatic heterocycles. The molecule has 8 aromatic rings. The molecule has 6 aliphatic heterocycles. The first kappa shape index (κ1) is 106. The molecular weight excluding hydrogens is 1900 g/mol. The van der Waals surface area contributed by atoms with Crippen molar-refractivity contribution in [3.63, 3.8) is 0 Å². The predicted octanol–water partition coefficient (Wildman–Crippen LogP) is 16.3. The van der Waals surface area contributed by atoms with Crippen molar-refractivity contribution >= 4 is 116 Å². The number of rotatable bonds is 31. The second kappa shape index (κ2) is 42.0. The van der Waals surface area contributed by atoms with Crippen LogP contribution in [0.4, 0.5) is 40.8 Å². The van der Waals surface area contributed by atoms with Crippen LogP contribution in [0.15, 0.2) is 49.1 Å². The summed E-state index contributed by atoms with van der Waals surface area (Å²) < 4.78 is 56.2. The Morgan fingerprint density at radius 2 is 0.683 bits per heavy atom. The smallest absolute Gasteiger partial charge is 0.280 e. The Bertz CT molecular complexity index is 5990. The minimum atomic E-state index is -2.97. The number of aryl methyl sites for hydroxylation is 4. The van der Waals surface area contributed by atoms with Gasteiger partial charge in [0.25, 0.3) is 59.1 Å². The average Bonchev–Trinajstić information content (AvgIpc) is 1.60. The summed E-state index contributed by atoms with van der Waals surface area (Å²) >= 11 is 4.45. The molecule has 768 valence electrons. The maximum Gasteiger partial charge on any atom is 0.280 e. The molecule has 12 N–H and O–H groups in total. The number of carbonyl (C=O) groups excluding carboxylic acids is 8. The summed E-state index contributed by atoms with van der Waals surface area (Å²) in [5, 5.41) is 64.9. The lowest BCUT2D eigenvalue weighted by Gasteiger charge is -2.39. The van der Waals surface area contributed by atoms with E-state index in [0.717, 1.165) is 154 Å². The standard InChI is InChI=1S/C28H37N5O3S.2C25H33F2N5O3S.C24H33N5O3S/c1-15-12-21(31-22(16-4-5-16)17-6-7-17)29-13-20(15)24-23(27(35)33-18-8-9-19(33)11-10-18)32-26(37-24)25(34)30-14-28(2,3)36;1-13-8-18(30-15(3)16-6-7-16)28-10-17(13)20-19(23(34)32-12-25(26,27)9-14(32)2)31-22(36-20)21(33)29-11-24(4,5)35;1-14-9-17(31-24(5)7-6-8-24)28-11-16(14)19-18(22(34)32-13-25(26,27)10-15(32)2)30-21(36-19)20(33)29-12-23(3,4)35;1-13(2)27-18-10-14(3)17(11-25-18)20-19(23(31)29-15-6-7-16(29)9-8-15)28-22(33-20)21(30)26-12-24(4,5)32/h12-13,16-19,22,36H,4-11,14H2,1-3H3,(H,29,31)(H,30,34);8,10,14-16,35H,6-7,9,11-12H2,1-5H3,(H,28,30)(H,29,33);9,11,15,35H,6-8,10,12-13H2,1-5H3,(H,28,31)(H,29,33);10-11,13,15-16,32H,6-9,12H2,1-5H3,(H,25,27)(H,26,30)/t;14-,15-;15-;/m.00./s1. The summed E-state index contributed by atoms with van der Waals surface area (Å²) in [7, 11) is 0. The van der Waals surface area contributed by atoms with Gasteiger partial charge in [0.05, 0.1) is 55.0 Å². The van der Waals surface area contributed by atoms with Crippen LogP contribution in [-0.2, 0) is 0 Å². The van der Waals surface area contributed by atoms with Crippen molar-refractivity contribution in [3.05, 3.63) is 114 Å². The fourth-order valence-electron chi connectivity index (χ4n) is 19.6. The van der Waals surface area contributed by atoms with Gasteiger partial charge in [0, 0.05) is 146 Å². The molecule has 0 spiro atoms. The van der Waals surface area contributed by atoms with E-state index >= 15 is 0 Å². The Morgan fingerprint density at radius 1 is 0.408 bits per heavy atom. The van der Waals surface area contributed by atoms with Crippen LogP contribution >= 0.6 is 45.3 Å². The van der Waals surface area contributed by atoms with E-state index in [1.54, 1.807) is 87.8 Å². The highest BCUT2D eigenvalue weighted by Gasteiger charge is 2.51. The van der Waals surface area contributed by atoms with Gasteiger partial charge < -0.3 is 82.6 Å². The molecule has 0 radical (unpaired) electrons. The van der Waals surface area contributed by atoms with Crippen molar-refractivity contribution < 1.29 is 76.3 Å². The third-order valence-corrected chi connectivity index (χ3v) is 32.1. The molecule has 4 aliphatic carbocycles. The molecule has 8 amide bonds. The van der Waals surface area contributed by atoms with Gasteiger partial charge in [-0.2, -0.15) is 0 Å². The molecule has 0 aromatic carbocycles. The maximum absolute atomic E-state index is 14.1. The number of hydrogen-bond donors (Lipinski definition) is 12. The van der Waals surface area contributed by atoms with E-state index in [1.165, 1.54) is 67.6 Å². The van der Waals surface area contributed by atoms with Crippen LogP contribution in [0.2, 0.25) is 0 Å². The second-order valence-corrected chi connectivity index (χ2v) is 47.8. The SMILES string of the molecule is Cc1cc(NC(C)C)ncc1-c1sc(C(=O)NCC(C)(C)O)nc1C(=O)N1C2CCC1CC2.Cc1cc(NC(C2CC2)C2CC2)ncc1-c1sc(C(=O)NCC(C)(C)O)nc1C(=O)N1C2CCC1CC2.Cc1cc(NC2(C)CCC2)ncc1-c1sc(C(=O)NCC(C)(C)O)nc1C(=O)N1CC(F)(F)C[C@@H]1C.Cc1cc(N[C@@H](C)C2CC2)ncc1-c1sc(C(=O)NCC(C)(C)O)nc1C(=O)N1CC(F)(F)C[C@@H]1C. The zero-order valence-electron chi connectivity index (χ0n) is 84.3. The number of aliphatic hydroxyl groups is 4. The number of amides is 8. The van der Waals surface area contributed by atoms with Crippen LogP contribution < -0.4 is 42.5 Å². The lowest BCUT2D eigenvalue weighted by molar-refractivity contribution is 0.0115. The fourth-order valence-corrected chi connectivity index (χ4v) is 23.8. The first-order valence-corrected chi connectivity index (χ1v) is 52.9. The summed E-state index contributed by atoms with van der Waals surface area (Å²) in [6.45, 7) is 30.8. The summed E-state index contributed by atoms with van der Waals surface area (Å²) in [4.78, 5) is 150. The number of halogens is 4. The number of anilines is 4. The molecule has 10 aliphatic rings. The van der Waals surface area contributed by atoms with Crippen molar-refractivity contribution in [2.75, 3.05) is 60.5 Å². The molecule has 14 heterocycles. The lowest BCUT2D eigenvalue weighted by Crippen LogP contribution is -2.41. The summed E-state index contributed by atoms with van der Waals surface area (Å²) in [5.41, 5.74) is 2.71. The Kier molecular flexibility index (Phi) is 31.3. The monoisotopic (exact) mass is 2040 g/mol. The quantitative estimate of drug-likeness (QED) is 0.0180. The zero-order chi connectivity index (χ0) is 103. The number of alkyl halides is 4.